The van der Waals surface area contributed by atoms with Crippen molar-refractivity contribution in [2.75, 3.05) is 66.6 Å². The van der Waals surface area contributed by atoms with Gasteiger partial charge in [-0.15, -0.1) is 6.58 Å². The molecule has 3 heterocycles. The van der Waals surface area contributed by atoms with E-state index in [1.54, 1.807) is 11.0 Å². The molecule has 2 fully saturated rings. The average Bonchev–Trinajstić information content (AvgIpc) is 3.92. The maximum Gasteiger partial charge on any atom is 0.410 e. The van der Waals surface area contributed by atoms with Crippen LogP contribution in [-0.2, 0) is 20.9 Å². The van der Waals surface area contributed by atoms with E-state index in [1.165, 1.54) is 7.11 Å². The Labute approximate surface area is 329 Å². The van der Waals surface area contributed by atoms with Crippen LogP contribution in [0.3, 0.4) is 0 Å². The largest absolute Gasteiger partial charge is 0.492 e. The van der Waals surface area contributed by atoms with Crippen molar-refractivity contribution in [2.24, 2.45) is 22.9 Å². The van der Waals surface area contributed by atoms with Gasteiger partial charge < -0.3 is 43.5 Å². The maximum atomic E-state index is 14.2. The van der Waals surface area contributed by atoms with Crippen molar-refractivity contribution in [1.82, 2.24) is 9.80 Å². The zero-order chi connectivity index (χ0) is 39.1. The maximum absolute atomic E-state index is 14.2. The number of carbonyl (C=O) groups is 1. The number of fused-ring (bicyclic) bond motifs is 3. The molecular weight excluding hydrogens is 718 g/mol. The summed E-state index contributed by atoms with van der Waals surface area (Å²) < 4.78 is 37.5. The van der Waals surface area contributed by atoms with Gasteiger partial charge in [-0.3, -0.25) is 9.80 Å². The van der Waals surface area contributed by atoms with E-state index in [4.69, 9.17) is 38.4 Å². The number of benzene rings is 2. The number of nitrogens with zero attached hydrogens (tertiary/aromatic N) is 3. The zero-order valence-electron chi connectivity index (χ0n) is 32.7. The van der Waals surface area contributed by atoms with Gasteiger partial charge in [0, 0.05) is 57.3 Å². The minimum Gasteiger partial charge on any atom is -0.492 e. The normalized spacial score (nSPS) is 26.4. The number of unbranched alkanes of at least 4 members (excludes halogenated alkanes) is 2. The molecule has 2 aromatic rings. The van der Waals surface area contributed by atoms with Crippen molar-refractivity contribution in [3.8, 4) is 23.0 Å². The topological polar surface area (TPSA) is 141 Å². The average molecular weight is 776 g/mol. The molecule has 1 saturated carbocycles. The molecule has 1 amide bonds. The predicted molar refractivity (Wildman–Crippen MR) is 209 cm³/mol. The molecule has 2 aliphatic carbocycles. The Morgan fingerprint density at radius 2 is 1.84 bits per heavy atom. The number of allylic oxidation sites excluding steroid dienone is 1. The number of methoxy groups -OCH3 is 1. The van der Waals surface area contributed by atoms with Crippen LogP contribution in [0.4, 0.5) is 4.79 Å². The van der Waals surface area contributed by atoms with Crippen molar-refractivity contribution in [2.45, 2.75) is 76.2 Å². The summed E-state index contributed by atoms with van der Waals surface area (Å²) in [6, 6.07) is 11.0. The molecule has 13 heteroatoms. The van der Waals surface area contributed by atoms with Crippen LogP contribution >= 0.6 is 0 Å². The van der Waals surface area contributed by atoms with Crippen LogP contribution in [0.1, 0.15) is 68.9 Å². The van der Waals surface area contributed by atoms with Crippen LogP contribution in [0.5, 0.6) is 23.0 Å². The number of carbonyl (C=O) groups excluding carboxylic acids is 1. The number of ether oxygens (including phenoxy) is 6. The molecule has 2 aromatic carbocycles. The molecule has 0 spiro atoms. The standard InChI is InChI=1S/C43H57N3O10/c1-4-21-54-43-39(46(42(49)50-3)27-29-12-14-37-38(23-29)53-28-52-37)26-35(44-55-5-2)33-24-30(10-6-8-19-47)32(11-7-9-20-48)40(41(33)43)34-25-31(13-15-36(34)56-43)51-22-18-45-16-17-45/h4,12-15,23-25,30,32,39-41,47-48H,1,5-11,16-22,26-28H2,2-3H3/t30-,32+,39-,40+,41+,43+/m0/s1. The Hall–Kier alpha value is -4.30. The molecule has 0 aromatic heterocycles. The fourth-order valence-electron chi connectivity index (χ4n) is 9.12. The molecule has 0 unspecified atom stereocenters. The van der Waals surface area contributed by atoms with E-state index < -0.39 is 23.8 Å². The Bertz CT molecular complexity index is 1750. The SMILES string of the molecule is C=CCO[C@@]12Oc3ccc(OCCN4CC4)cc3[C@H]3[C@H](CCCCO)[C@@H](CCCCO)C=C(C(=NOCC)C[C@@H]1N(Cc1ccc4c(c1)OCO4)C(=O)OC)[C@H]32. The van der Waals surface area contributed by atoms with Gasteiger partial charge in [0.1, 0.15) is 30.8 Å². The Balaban J connectivity index is 1.40. The summed E-state index contributed by atoms with van der Waals surface area (Å²) in [7, 11) is 1.38. The van der Waals surface area contributed by atoms with Gasteiger partial charge in [0.2, 0.25) is 12.6 Å². The highest BCUT2D eigenvalue weighted by Crippen LogP contribution is 2.62. The van der Waals surface area contributed by atoms with Crippen LogP contribution in [0, 0.1) is 17.8 Å². The first-order valence-electron chi connectivity index (χ1n) is 20.2. The van der Waals surface area contributed by atoms with Crippen molar-refractivity contribution < 1.29 is 48.3 Å². The van der Waals surface area contributed by atoms with E-state index in [1.807, 2.05) is 37.3 Å². The van der Waals surface area contributed by atoms with Gasteiger partial charge in [0.15, 0.2) is 11.5 Å². The van der Waals surface area contributed by atoms with Crippen LogP contribution in [0.15, 0.2) is 65.9 Å². The molecule has 0 radical (unpaired) electrons. The first-order valence-corrected chi connectivity index (χ1v) is 20.2. The zero-order valence-corrected chi connectivity index (χ0v) is 32.7. The molecule has 56 heavy (non-hydrogen) atoms. The summed E-state index contributed by atoms with van der Waals surface area (Å²) in [5.41, 5.74) is 3.53. The fraction of sp³-hybridized carbons (Fsp3) is 0.581. The van der Waals surface area contributed by atoms with Gasteiger partial charge in [-0.25, -0.2) is 4.79 Å². The Morgan fingerprint density at radius 3 is 2.59 bits per heavy atom. The second-order valence-electron chi connectivity index (χ2n) is 15.2. The summed E-state index contributed by atoms with van der Waals surface area (Å²) in [6.07, 6.45) is 8.53. The number of aliphatic hydroxyl groups is 2. The van der Waals surface area contributed by atoms with E-state index in [0.717, 1.165) is 73.5 Å². The number of aliphatic hydroxyl groups excluding tert-OH is 2. The number of hydrogen-bond acceptors (Lipinski definition) is 12. The second kappa shape index (κ2) is 18.3. The molecule has 304 valence electrons. The molecule has 1 saturated heterocycles. The minimum absolute atomic E-state index is 0.101. The third-order valence-corrected chi connectivity index (χ3v) is 11.7. The fourth-order valence-corrected chi connectivity index (χ4v) is 9.12. The van der Waals surface area contributed by atoms with Gasteiger partial charge in [-0.2, -0.15) is 0 Å². The third kappa shape index (κ3) is 8.37. The molecule has 7 rings (SSSR count). The highest BCUT2D eigenvalue weighted by molar-refractivity contribution is 6.03. The molecule has 6 atom stereocenters. The summed E-state index contributed by atoms with van der Waals surface area (Å²) in [6.45, 7) is 10.6. The van der Waals surface area contributed by atoms with E-state index in [0.29, 0.717) is 43.3 Å². The minimum atomic E-state index is -1.40. The lowest BCUT2D eigenvalue weighted by Gasteiger charge is -2.59. The van der Waals surface area contributed by atoms with Crippen LogP contribution in [0.2, 0.25) is 0 Å². The summed E-state index contributed by atoms with van der Waals surface area (Å²) in [5, 5.41) is 24.5. The predicted octanol–water partition coefficient (Wildman–Crippen LogP) is 6.03. The number of oxime groups is 1. The quantitative estimate of drug-likeness (QED) is 0.0705. The molecule has 13 nitrogen and oxygen atoms in total. The van der Waals surface area contributed by atoms with E-state index in [2.05, 4.69) is 23.6 Å². The highest BCUT2D eigenvalue weighted by Gasteiger charge is 2.65. The van der Waals surface area contributed by atoms with E-state index >= 15 is 0 Å². The molecule has 0 bridgehead atoms. The summed E-state index contributed by atoms with van der Waals surface area (Å²) in [4.78, 5) is 24.0. The first kappa shape index (κ1) is 39.9. The summed E-state index contributed by atoms with van der Waals surface area (Å²) >= 11 is 0. The number of hydrogen-bond donors (Lipinski definition) is 2. The van der Waals surface area contributed by atoms with Crippen molar-refractivity contribution in [1.29, 1.82) is 0 Å². The van der Waals surface area contributed by atoms with Gasteiger partial charge in [-0.1, -0.05) is 36.2 Å². The third-order valence-electron chi connectivity index (χ3n) is 11.7. The molecule has 2 N–H and O–H groups in total. The van der Waals surface area contributed by atoms with E-state index in [9.17, 15) is 15.0 Å². The van der Waals surface area contributed by atoms with Gasteiger partial charge in [0.05, 0.1) is 25.3 Å². The van der Waals surface area contributed by atoms with Crippen LogP contribution in [0.25, 0.3) is 0 Å². The molecule has 3 aliphatic heterocycles. The second-order valence-corrected chi connectivity index (χ2v) is 15.2. The van der Waals surface area contributed by atoms with Crippen molar-refractivity contribution in [3.63, 3.8) is 0 Å². The highest BCUT2D eigenvalue weighted by atomic mass is 16.7. The lowest BCUT2D eigenvalue weighted by atomic mass is 9.55. The van der Waals surface area contributed by atoms with Crippen LogP contribution in [-0.4, -0.2) is 110 Å². The Morgan fingerprint density at radius 1 is 1.05 bits per heavy atom. The van der Waals surface area contributed by atoms with Gasteiger partial charge in [-0.05, 0) is 85.9 Å². The molecule has 5 aliphatic rings. The van der Waals surface area contributed by atoms with Gasteiger partial charge in [0.25, 0.3) is 0 Å². The lowest BCUT2D eigenvalue weighted by Crippen LogP contribution is -2.70. The monoisotopic (exact) mass is 775 g/mol. The van der Waals surface area contributed by atoms with Gasteiger partial charge >= 0.3 is 6.09 Å². The number of amides is 1. The first-order chi connectivity index (χ1) is 27.4. The van der Waals surface area contributed by atoms with E-state index in [-0.39, 0.29) is 57.3 Å². The van der Waals surface area contributed by atoms with Crippen LogP contribution < -0.4 is 18.9 Å². The lowest BCUT2D eigenvalue weighted by molar-refractivity contribution is -0.256. The summed E-state index contributed by atoms with van der Waals surface area (Å²) in [5.74, 6) is 0.927. The number of rotatable bonds is 20. The van der Waals surface area contributed by atoms with Crippen molar-refractivity contribution >= 4 is 11.8 Å². The Kier molecular flexibility index (Phi) is 13.1. The smallest absolute Gasteiger partial charge is 0.410 e. The molecular formula is C43H57N3O10. The van der Waals surface area contributed by atoms with Crippen molar-refractivity contribution in [3.05, 3.63) is 71.8 Å².